The van der Waals surface area contributed by atoms with Crippen LogP contribution in [0.4, 0.5) is 13.2 Å². The third-order valence-electron chi connectivity index (χ3n) is 2.75. The van der Waals surface area contributed by atoms with Crippen molar-refractivity contribution in [3.05, 3.63) is 54.7 Å². The van der Waals surface area contributed by atoms with E-state index in [0.717, 1.165) is 3.57 Å². The zero-order chi connectivity index (χ0) is 17.9. The van der Waals surface area contributed by atoms with Gasteiger partial charge in [-0.3, -0.25) is 0 Å². The molecule has 4 nitrogen and oxygen atoms in total. The van der Waals surface area contributed by atoms with Crippen LogP contribution in [0.1, 0.15) is 15.9 Å². The molecular formula is C15H9F3I2O4. The maximum Gasteiger partial charge on any atom is 0.573 e. The van der Waals surface area contributed by atoms with Gasteiger partial charge in [0.15, 0.2) is 0 Å². The van der Waals surface area contributed by atoms with Crippen molar-refractivity contribution in [2.24, 2.45) is 0 Å². The van der Waals surface area contributed by atoms with Crippen LogP contribution in [0.25, 0.3) is 0 Å². The highest BCUT2D eigenvalue weighted by molar-refractivity contribution is 14.1. The van der Waals surface area contributed by atoms with E-state index in [1.54, 1.807) is 12.1 Å². The summed E-state index contributed by atoms with van der Waals surface area (Å²) in [5.41, 5.74) is 0.413. The average Bonchev–Trinajstić information content (AvgIpc) is 2.44. The van der Waals surface area contributed by atoms with Gasteiger partial charge in [0.2, 0.25) is 0 Å². The summed E-state index contributed by atoms with van der Waals surface area (Å²) in [6.07, 6.45) is -4.78. The Balaban J connectivity index is 2.20. The normalized spacial score (nSPS) is 11.2. The second kappa shape index (κ2) is 7.76. The Morgan fingerprint density at radius 1 is 1.17 bits per heavy atom. The summed E-state index contributed by atoms with van der Waals surface area (Å²) in [6, 6.07) is 8.53. The minimum atomic E-state index is -4.78. The van der Waals surface area contributed by atoms with Crippen LogP contribution in [-0.4, -0.2) is 17.4 Å². The fraction of sp³-hybridized carbons (Fsp3) is 0.133. The number of benzene rings is 2. The number of alkyl halides is 3. The van der Waals surface area contributed by atoms with E-state index >= 15 is 0 Å². The first-order valence-electron chi connectivity index (χ1n) is 6.35. The summed E-state index contributed by atoms with van der Waals surface area (Å²) >= 11 is 3.94. The lowest BCUT2D eigenvalue weighted by atomic mass is 10.2. The summed E-state index contributed by atoms with van der Waals surface area (Å²) in [5.74, 6) is -1.33. The van der Waals surface area contributed by atoms with Crippen LogP contribution in [0.15, 0.2) is 36.4 Å². The summed E-state index contributed by atoms with van der Waals surface area (Å²) in [7, 11) is 0. The molecule has 0 unspecified atom stereocenters. The van der Waals surface area contributed by atoms with E-state index in [0.29, 0.717) is 9.13 Å². The van der Waals surface area contributed by atoms with E-state index in [9.17, 15) is 23.1 Å². The largest absolute Gasteiger partial charge is 0.573 e. The highest BCUT2D eigenvalue weighted by Crippen LogP contribution is 2.30. The van der Waals surface area contributed by atoms with Crippen LogP contribution in [0.5, 0.6) is 11.5 Å². The monoisotopic (exact) mass is 564 g/mol. The number of rotatable bonds is 5. The second-order valence-corrected chi connectivity index (χ2v) is 6.96. The van der Waals surface area contributed by atoms with Crippen LogP contribution in [0, 0.1) is 7.14 Å². The zero-order valence-electron chi connectivity index (χ0n) is 11.7. The van der Waals surface area contributed by atoms with Crippen molar-refractivity contribution < 1.29 is 32.5 Å². The average molecular weight is 564 g/mol. The molecule has 128 valence electrons. The number of carboxylic acids is 1. The molecule has 0 aliphatic carbocycles. The fourth-order valence-corrected chi connectivity index (χ4v) is 3.85. The van der Waals surface area contributed by atoms with Crippen LogP contribution < -0.4 is 9.47 Å². The third kappa shape index (κ3) is 5.40. The third-order valence-corrected chi connectivity index (χ3v) is 4.18. The maximum absolute atomic E-state index is 12.2. The maximum atomic E-state index is 12.2. The summed E-state index contributed by atoms with van der Waals surface area (Å²) in [5, 5.41) is 9.25. The lowest BCUT2D eigenvalue weighted by molar-refractivity contribution is -0.274. The summed E-state index contributed by atoms with van der Waals surface area (Å²) in [4.78, 5) is 11.3. The molecule has 0 bridgehead atoms. The standard InChI is InChI=1S/C15H9F3I2O4/c16-15(17,18)24-10-3-1-2-8(4-10)7-23-13-11(14(21)22)5-9(19)6-12(13)20/h1-6H,7H2,(H,21,22). The minimum absolute atomic E-state index is 0.00556. The van der Waals surface area contributed by atoms with Gasteiger partial charge < -0.3 is 14.6 Å². The molecule has 0 heterocycles. The Morgan fingerprint density at radius 2 is 1.88 bits per heavy atom. The molecule has 24 heavy (non-hydrogen) atoms. The van der Waals surface area contributed by atoms with Gasteiger partial charge >= 0.3 is 12.3 Å². The van der Waals surface area contributed by atoms with Crippen molar-refractivity contribution >= 4 is 51.2 Å². The number of ether oxygens (including phenoxy) is 2. The molecule has 1 N–H and O–H groups in total. The molecular weight excluding hydrogens is 555 g/mol. The van der Waals surface area contributed by atoms with Gasteiger partial charge in [-0.1, -0.05) is 12.1 Å². The highest BCUT2D eigenvalue weighted by atomic mass is 127. The zero-order valence-corrected chi connectivity index (χ0v) is 16.0. The molecule has 2 rings (SSSR count). The molecule has 0 spiro atoms. The van der Waals surface area contributed by atoms with E-state index in [4.69, 9.17) is 4.74 Å². The number of hydrogen-bond donors (Lipinski definition) is 1. The molecule has 2 aromatic carbocycles. The van der Waals surface area contributed by atoms with Crippen LogP contribution in [0.2, 0.25) is 0 Å². The fourth-order valence-electron chi connectivity index (χ4n) is 1.85. The van der Waals surface area contributed by atoms with E-state index in [1.807, 2.05) is 45.2 Å². The van der Waals surface area contributed by atoms with Crippen molar-refractivity contribution in [3.8, 4) is 11.5 Å². The van der Waals surface area contributed by atoms with Crippen molar-refractivity contribution in [1.82, 2.24) is 0 Å². The number of carbonyl (C=O) groups is 1. The molecule has 0 saturated carbocycles. The van der Waals surface area contributed by atoms with Crippen LogP contribution >= 0.6 is 45.2 Å². The van der Waals surface area contributed by atoms with Crippen LogP contribution in [-0.2, 0) is 6.61 Å². The van der Waals surface area contributed by atoms with Gasteiger partial charge in [-0.2, -0.15) is 0 Å². The Morgan fingerprint density at radius 3 is 2.50 bits per heavy atom. The molecule has 0 radical (unpaired) electrons. The quantitative estimate of drug-likeness (QED) is 0.516. The smallest absolute Gasteiger partial charge is 0.487 e. The number of halogens is 5. The molecule has 2 aromatic rings. The molecule has 0 aliphatic rings. The molecule has 0 aromatic heterocycles. The van der Waals surface area contributed by atoms with E-state index < -0.39 is 12.3 Å². The molecule has 0 fully saturated rings. The predicted octanol–water partition coefficient (Wildman–Crippen LogP) is 5.07. The minimum Gasteiger partial charge on any atom is -0.487 e. The first-order valence-corrected chi connectivity index (χ1v) is 8.51. The number of carboxylic acid groups (broad SMARTS) is 1. The summed E-state index contributed by atoms with van der Waals surface area (Å²) in [6.45, 7) is -0.0913. The Hall–Kier alpha value is -1.24. The van der Waals surface area contributed by atoms with E-state index in [-0.39, 0.29) is 23.7 Å². The Kier molecular flexibility index (Phi) is 6.17. The topological polar surface area (TPSA) is 55.8 Å². The number of hydrogen-bond acceptors (Lipinski definition) is 3. The summed E-state index contributed by atoms with van der Waals surface area (Å²) < 4.78 is 47.4. The molecule has 0 amide bonds. The molecule has 0 atom stereocenters. The van der Waals surface area contributed by atoms with Gasteiger partial charge in [-0.05, 0) is 75.0 Å². The van der Waals surface area contributed by atoms with Crippen molar-refractivity contribution in [2.75, 3.05) is 0 Å². The molecule has 0 aliphatic heterocycles. The van der Waals surface area contributed by atoms with Gasteiger partial charge in [0.1, 0.15) is 23.7 Å². The van der Waals surface area contributed by atoms with Crippen molar-refractivity contribution in [2.45, 2.75) is 13.0 Å². The van der Waals surface area contributed by atoms with Gasteiger partial charge in [0.25, 0.3) is 0 Å². The van der Waals surface area contributed by atoms with Crippen LogP contribution in [0.3, 0.4) is 0 Å². The lowest BCUT2D eigenvalue weighted by Crippen LogP contribution is -2.17. The van der Waals surface area contributed by atoms with E-state index in [1.165, 1.54) is 24.3 Å². The van der Waals surface area contributed by atoms with Crippen molar-refractivity contribution in [1.29, 1.82) is 0 Å². The van der Waals surface area contributed by atoms with E-state index in [2.05, 4.69) is 4.74 Å². The SMILES string of the molecule is O=C(O)c1cc(I)cc(I)c1OCc1cccc(OC(F)(F)F)c1. The Labute approximate surface area is 162 Å². The Bertz CT molecular complexity index is 763. The van der Waals surface area contributed by atoms with Crippen molar-refractivity contribution in [3.63, 3.8) is 0 Å². The lowest BCUT2D eigenvalue weighted by Gasteiger charge is -2.13. The van der Waals surface area contributed by atoms with Gasteiger partial charge in [-0.25, -0.2) is 4.79 Å². The van der Waals surface area contributed by atoms with Gasteiger partial charge in [0.05, 0.1) is 3.57 Å². The first kappa shape index (κ1) is 19.1. The molecule has 0 saturated heterocycles. The predicted molar refractivity (Wildman–Crippen MR) is 96.3 cm³/mol. The molecule has 9 heteroatoms. The first-order chi connectivity index (χ1) is 11.2. The highest BCUT2D eigenvalue weighted by Gasteiger charge is 2.31. The number of aromatic carboxylic acids is 1. The van der Waals surface area contributed by atoms with Gasteiger partial charge in [0, 0.05) is 3.57 Å². The second-order valence-electron chi connectivity index (χ2n) is 4.55. The van der Waals surface area contributed by atoms with Gasteiger partial charge in [-0.15, -0.1) is 13.2 Å².